The molecule has 0 saturated carbocycles. The van der Waals surface area contributed by atoms with Gasteiger partial charge in [-0.15, -0.1) is 0 Å². The lowest BCUT2D eigenvalue weighted by Gasteiger charge is -2.13. The Kier molecular flexibility index (Phi) is 9.69. The molecule has 9 nitrogen and oxygen atoms in total. The van der Waals surface area contributed by atoms with Crippen LogP contribution in [0.1, 0.15) is 29.8 Å². The SMILES string of the molecule is CCOC(=O)Oc1ccc(C(=O)Nc2ccccc2CNC(=O)COc2ccc(OCC)cc2)cc1. The van der Waals surface area contributed by atoms with E-state index in [1.165, 1.54) is 24.3 Å². The van der Waals surface area contributed by atoms with E-state index in [1.54, 1.807) is 49.4 Å². The molecule has 0 unspecified atom stereocenters. The van der Waals surface area contributed by atoms with E-state index in [2.05, 4.69) is 10.6 Å². The fourth-order valence-corrected chi connectivity index (χ4v) is 3.10. The zero-order chi connectivity index (χ0) is 25.8. The maximum atomic E-state index is 12.7. The second-order valence-corrected chi connectivity index (χ2v) is 7.39. The van der Waals surface area contributed by atoms with Crippen molar-refractivity contribution in [1.82, 2.24) is 5.32 Å². The Bertz CT molecular complexity index is 1160. The minimum absolute atomic E-state index is 0.150. The molecule has 0 bridgehead atoms. The van der Waals surface area contributed by atoms with Gasteiger partial charge in [-0.05, 0) is 74.0 Å². The third-order valence-corrected chi connectivity index (χ3v) is 4.83. The summed E-state index contributed by atoms with van der Waals surface area (Å²) in [5.41, 5.74) is 1.65. The molecule has 0 saturated heterocycles. The van der Waals surface area contributed by atoms with Crippen molar-refractivity contribution in [3.8, 4) is 17.2 Å². The molecule has 3 rings (SSSR count). The molecular formula is C27H28N2O7. The number of amides is 2. The van der Waals surface area contributed by atoms with Crippen molar-refractivity contribution in [3.63, 3.8) is 0 Å². The molecule has 0 aliphatic rings. The van der Waals surface area contributed by atoms with Crippen LogP contribution in [0.4, 0.5) is 10.5 Å². The van der Waals surface area contributed by atoms with Crippen LogP contribution in [0.15, 0.2) is 72.8 Å². The zero-order valence-electron chi connectivity index (χ0n) is 20.1. The molecule has 0 heterocycles. The van der Waals surface area contributed by atoms with E-state index in [0.717, 1.165) is 11.3 Å². The molecule has 3 aromatic carbocycles. The molecule has 9 heteroatoms. The summed E-state index contributed by atoms with van der Waals surface area (Å²) in [5, 5.41) is 5.63. The first kappa shape index (κ1) is 26.1. The molecule has 3 aromatic rings. The van der Waals surface area contributed by atoms with Crippen LogP contribution in [0.2, 0.25) is 0 Å². The third-order valence-electron chi connectivity index (χ3n) is 4.83. The Labute approximate surface area is 209 Å². The largest absolute Gasteiger partial charge is 0.513 e. The molecule has 0 aliphatic heterocycles. The second-order valence-electron chi connectivity index (χ2n) is 7.39. The van der Waals surface area contributed by atoms with Crippen molar-refractivity contribution in [3.05, 3.63) is 83.9 Å². The molecule has 188 valence electrons. The summed E-state index contributed by atoms with van der Waals surface area (Å²) >= 11 is 0. The van der Waals surface area contributed by atoms with Gasteiger partial charge in [-0.2, -0.15) is 0 Å². The van der Waals surface area contributed by atoms with Crippen LogP contribution in [-0.4, -0.2) is 37.8 Å². The Hall–Kier alpha value is -4.53. The van der Waals surface area contributed by atoms with Gasteiger partial charge in [0, 0.05) is 17.8 Å². The lowest BCUT2D eigenvalue weighted by atomic mass is 10.1. The van der Waals surface area contributed by atoms with E-state index < -0.39 is 6.16 Å². The number of ether oxygens (including phenoxy) is 4. The van der Waals surface area contributed by atoms with Gasteiger partial charge in [0.25, 0.3) is 11.8 Å². The second kappa shape index (κ2) is 13.4. The summed E-state index contributed by atoms with van der Waals surface area (Å²) in [5.74, 6) is 0.895. The summed E-state index contributed by atoms with van der Waals surface area (Å²) in [4.78, 5) is 36.4. The van der Waals surface area contributed by atoms with E-state index >= 15 is 0 Å². The molecule has 0 atom stereocenters. The summed E-state index contributed by atoms with van der Waals surface area (Å²) < 4.78 is 20.6. The number of hydrogen-bond acceptors (Lipinski definition) is 7. The average Bonchev–Trinajstić information content (AvgIpc) is 2.88. The molecule has 0 fully saturated rings. The zero-order valence-corrected chi connectivity index (χ0v) is 20.1. The first-order valence-electron chi connectivity index (χ1n) is 11.4. The quantitative estimate of drug-likeness (QED) is 0.298. The van der Waals surface area contributed by atoms with Crippen molar-refractivity contribution in [2.75, 3.05) is 25.1 Å². The predicted molar refractivity (Wildman–Crippen MR) is 133 cm³/mol. The fraction of sp³-hybridized carbons (Fsp3) is 0.222. The summed E-state index contributed by atoms with van der Waals surface area (Å²) in [6.07, 6.45) is -0.810. The van der Waals surface area contributed by atoms with Gasteiger partial charge in [0.05, 0.1) is 13.2 Å². The van der Waals surface area contributed by atoms with E-state index in [-0.39, 0.29) is 37.3 Å². The highest BCUT2D eigenvalue weighted by Crippen LogP contribution is 2.19. The number of carbonyl (C=O) groups excluding carboxylic acids is 3. The van der Waals surface area contributed by atoms with Crippen LogP contribution >= 0.6 is 0 Å². The minimum atomic E-state index is -0.810. The lowest BCUT2D eigenvalue weighted by molar-refractivity contribution is -0.123. The number of para-hydroxylation sites is 1. The highest BCUT2D eigenvalue weighted by molar-refractivity contribution is 6.04. The van der Waals surface area contributed by atoms with Crippen LogP contribution in [0.5, 0.6) is 17.2 Å². The summed E-state index contributed by atoms with van der Waals surface area (Å²) in [6, 6.07) is 20.2. The Morgan fingerprint density at radius 1 is 0.750 bits per heavy atom. The maximum Gasteiger partial charge on any atom is 0.513 e. The van der Waals surface area contributed by atoms with Gasteiger partial charge in [0.2, 0.25) is 0 Å². The van der Waals surface area contributed by atoms with Gasteiger partial charge in [0.1, 0.15) is 17.2 Å². The van der Waals surface area contributed by atoms with Crippen LogP contribution in [0.3, 0.4) is 0 Å². The van der Waals surface area contributed by atoms with E-state index in [1.807, 2.05) is 13.0 Å². The molecule has 0 spiro atoms. The Morgan fingerprint density at radius 2 is 1.39 bits per heavy atom. The molecule has 2 amide bonds. The van der Waals surface area contributed by atoms with Crippen molar-refractivity contribution in [2.24, 2.45) is 0 Å². The van der Waals surface area contributed by atoms with Crippen molar-refractivity contribution in [1.29, 1.82) is 0 Å². The average molecular weight is 493 g/mol. The molecular weight excluding hydrogens is 464 g/mol. The molecule has 0 aliphatic carbocycles. The number of hydrogen-bond donors (Lipinski definition) is 2. The van der Waals surface area contributed by atoms with E-state index in [0.29, 0.717) is 23.6 Å². The number of benzene rings is 3. The lowest BCUT2D eigenvalue weighted by Crippen LogP contribution is -2.28. The van der Waals surface area contributed by atoms with Gasteiger partial charge in [-0.3, -0.25) is 9.59 Å². The standard InChI is InChI=1S/C27H28N2O7/c1-3-33-21-13-15-22(16-14-21)35-18-25(30)28-17-20-7-5-6-8-24(20)29-26(31)19-9-11-23(12-10-19)36-27(32)34-4-2/h5-16H,3-4,17-18H2,1-2H3,(H,28,30)(H,29,31). The Morgan fingerprint density at radius 3 is 2.06 bits per heavy atom. The van der Waals surface area contributed by atoms with Crippen LogP contribution in [0, 0.1) is 0 Å². The van der Waals surface area contributed by atoms with Crippen molar-refractivity contribution >= 4 is 23.7 Å². The maximum absolute atomic E-state index is 12.7. The van der Waals surface area contributed by atoms with Gasteiger partial charge < -0.3 is 29.6 Å². The van der Waals surface area contributed by atoms with Gasteiger partial charge in [-0.25, -0.2) is 4.79 Å². The van der Waals surface area contributed by atoms with Crippen LogP contribution in [0.25, 0.3) is 0 Å². The molecule has 0 radical (unpaired) electrons. The van der Waals surface area contributed by atoms with Crippen molar-refractivity contribution < 1.29 is 33.3 Å². The first-order chi connectivity index (χ1) is 17.5. The fourth-order valence-electron chi connectivity index (χ4n) is 3.10. The van der Waals surface area contributed by atoms with E-state index in [4.69, 9.17) is 18.9 Å². The van der Waals surface area contributed by atoms with E-state index in [9.17, 15) is 14.4 Å². The minimum Gasteiger partial charge on any atom is -0.494 e. The summed E-state index contributed by atoms with van der Waals surface area (Å²) in [7, 11) is 0. The highest BCUT2D eigenvalue weighted by atomic mass is 16.7. The Balaban J connectivity index is 1.51. The van der Waals surface area contributed by atoms with Gasteiger partial charge in [0.15, 0.2) is 6.61 Å². The monoisotopic (exact) mass is 492 g/mol. The predicted octanol–water partition coefficient (Wildman–Crippen LogP) is 4.57. The van der Waals surface area contributed by atoms with Crippen LogP contribution in [-0.2, 0) is 16.1 Å². The van der Waals surface area contributed by atoms with Gasteiger partial charge >= 0.3 is 6.16 Å². The van der Waals surface area contributed by atoms with Gasteiger partial charge in [-0.1, -0.05) is 18.2 Å². The smallest absolute Gasteiger partial charge is 0.494 e. The highest BCUT2D eigenvalue weighted by Gasteiger charge is 2.12. The number of rotatable bonds is 11. The third kappa shape index (κ3) is 8.05. The van der Waals surface area contributed by atoms with Crippen LogP contribution < -0.4 is 24.8 Å². The molecule has 2 N–H and O–H groups in total. The topological polar surface area (TPSA) is 112 Å². The first-order valence-corrected chi connectivity index (χ1v) is 11.4. The molecule has 0 aromatic heterocycles. The number of anilines is 1. The summed E-state index contributed by atoms with van der Waals surface area (Å²) in [6.45, 7) is 4.41. The normalized spacial score (nSPS) is 10.2. The number of carbonyl (C=O) groups is 3. The molecule has 36 heavy (non-hydrogen) atoms. The van der Waals surface area contributed by atoms with Crippen molar-refractivity contribution in [2.45, 2.75) is 20.4 Å². The number of nitrogens with one attached hydrogen (secondary N) is 2.